The molecule has 0 bridgehead atoms. The number of benzene rings is 1. The lowest BCUT2D eigenvalue weighted by molar-refractivity contribution is 0.806. The maximum absolute atomic E-state index is 6.18. The zero-order valence-corrected chi connectivity index (χ0v) is 15.3. The first-order chi connectivity index (χ1) is 12.3. The summed E-state index contributed by atoms with van der Waals surface area (Å²) in [6, 6.07) is 12.0. The minimum Gasteiger partial charge on any atom is -0.357 e. The lowest BCUT2D eigenvalue weighted by atomic mass is 10.2. The third-order valence-electron chi connectivity index (χ3n) is 4.33. The monoisotopic (exact) mass is 357 g/mol. The fraction of sp³-hybridized carbons (Fsp3) is 0.368. The molecule has 0 atom stereocenters. The van der Waals surface area contributed by atoms with Crippen LogP contribution in [0, 0.1) is 0 Å². The highest BCUT2D eigenvalue weighted by Crippen LogP contribution is 2.17. The van der Waals surface area contributed by atoms with E-state index in [2.05, 4.69) is 37.6 Å². The van der Waals surface area contributed by atoms with Crippen LogP contribution in [0.25, 0.3) is 0 Å². The molecule has 3 rings (SSSR count). The minimum atomic E-state index is 0.630. The van der Waals surface area contributed by atoms with Gasteiger partial charge in [-0.05, 0) is 36.1 Å². The molecule has 132 valence electrons. The van der Waals surface area contributed by atoms with Gasteiger partial charge in [-0.25, -0.2) is 4.98 Å². The molecule has 1 aromatic carbocycles. The number of hydrogen-bond acceptors (Lipinski definition) is 3. The molecule has 0 unspecified atom stereocenters. The number of anilines is 1. The van der Waals surface area contributed by atoms with E-state index >= 15 is 0 Å². The number of nitrogens with one attached hydrogen (secondary N) is 2. The van der Waals surface area contributed by atoms with Crippen molar-refractivity contribution in [3.63, 3.8) is 0 Å². The van der Waals surface area contributed by atoms with Gasteiger partial charge >= 0.3 is 0 Å². The molecule has 1 fully saturated rings. The van der Waals surface area contributed by atoms with Crippen molar-refractivity contribution in [1.29, 1.82) is 0 Å². The molecular formula is C19H24ClN5. The molecule has 6 heteroatoms. The number of halogens is 1. The average Bonchev–Trinajstić information content (AvgIpc) is 3.18. The molecule has 1 aromatic heterocycles. The van der Waals surface area contributed by atoms with E-state index in [0.29, 0.717) is 13.1 Å². The number of rotatable bonds is 5. The molecule has 2 N–H and O–H groups in total. The summed E-state index contributed by atoms with van der Waals surface area (Å²) in [5.41, 5.74) is 2.17. The third-order valence-corrected chi connectivity index (χ3v) is 4.70. The summed E-state index contributed by atoms with van der Waals surface area (Å²) in [7, 11) is 1.76. The van der Waals surface area contributed by atoms with Crippen LogP contribution in [0.3, 0.4) is 0 Å². The van der Waals surface area contributed by atoms with Crippen molar-refractivity contribution >= 4 is 23.4 Å². The molecule has 0 saturated carbocycles. The molecule has 2 heterocycles. The van der Waals surface area contributed by atoms with Crippen molar-refractivity contribution < 1.29 is 0 Å². The van der Waals surface area contributed by atoms with Crippen molar-refractivity contribution in [1.82, 2.24) is 15.6 Å². The van der Waals surface area contributed by atoms with E-state index in [1.165, 1.54) is 12.8 Å². The van der Waals surface area contributed by atoms with Gasteiger partial charge < -0.3 is 15.5 Å². The topological polar surface area (TPSA) is 52.6 Å². The molecular weight excluding hydrogens is 334 g/mol. The van der Waals surface area contributed by atoms with Crippen LogP contribution in [0.15, 0.2) is 47.6 Å². The van der Waals surface area contributed by atoms with Gasteiger partial charge in [-0.15, -0.1) is 0 Å². The Morgan fingerprint density at radius 2 is 1.88 bits per heavy atom. The minimum absolute atomic E-state index is 0.630. The van der Waals surface area contributed by atoms with Gasteiger partial charge in [0.1, 0.15) is 5.82 Å². The Bertz CT molecular complexity index is 708. The van der Waals surface area contributed by atoms with Crippen LogP contribution >= 0.6 is 11.6 Å². The Kier molecular flexibility index (Phi) is 6.12. The first-order valence-electron chi connectivity index (χ1n) is 8.64. The lowest BCUT2D eigenvalue weighted by Gasteiger charge is -2.16. The maximum Gasteiger partial charge on any atom is 0.191 e. The Morgan fingerprint density at radius 1 is 1.12 bits per heavy atom. The van der Waals surface area contributed by atoms with Crippen LogP contribution in [0.1, 0.15) is 24.0 Å². The molecule has 5 nitrogen and oxygen atoms in total. The Morgan fingerprint density at radius 3 is 2.56 bits per heavy atom. The quantitative estimate of drug-likeness (QED) is 0.637. The van der Waals surface area contributed by atoms with Gasteiger partial charge in [0.25, 0.3) is 0 Å². The molecule has 1 saturated heterocycles. The van der Waals surface area contributed by atoms with Crippen LogP contribution in [-0.4, -0.2) is 31.1 Å². The van der Waals surface area contributed by atoms with Gasteiger partial charge in [0.05, 0.1) is 0 Å². The Hall–Kier alpha value is -2.27. The highest BCUT2D eigenvalue weighted by atomic mass is 35.5. The van der Waals surface area contributed by atoms with Crippen molar-refractivity contribution in [2.45, 2.75) is 25.9 Å². The van der Waals surface area contributed by atoms with E-state index in [-0.39, 0.29) is 0 Å². The number of aromatic nitrogens is 1. The highest BCUT2D eigenvalue weighted by molar-refractivity contribution is 6.31. The van der Waals surface area contributed by atoms with Gasteiger partial charge in [-0.2, -0.15) is 0 Å². The van der Waals surface area contributed by atoms with E-state index in [1.807, 2.05) is 30.5 Å². The van der Waals surface area contributed by atoms with Crippen molar-refractivity contribution in [2.75, 3.05) is 25.0 Å². The van der Waals surface area contributed by atoms with Crippen LogP contribution in [0.2, 0.25) is 5.02 Å². The lowest BCUT2D eigenvalue weighted by Crippen LogP contribution is -2.36. The van der Waals surface area contributed by atoms with Crippen molar-refractivity contribution in [2.24, 2.45) is 4.99 Å². The standard InChI is InChI=1S/C19H24ClN5/c1-21-19(24-14-16-6-2-3-7-17(16)20)23-13-15-8-9-18(22-12-15)25-10-4-5-11-25/h2-3,6-9,12H,4-5,10-11,13-14H2,1H3,(H2,21,23,24). The normalized spacial score (nSPS) is 14.6. The number of pyridine rings is 1. The summed E-state index contributed by atoms with van der Waals surface area (Å²) >= 11 is 6.18. The van der Waals surface area contributed by atoms with Crippen LogP contribution in [0.4, 0.5) is 5.82 Å². The van der Waals surface area contributed by atoms with E-state index in [4.69, 9.17) is 11.6 Å². The zero-order valence-electron chi connectivity index (χ0n) is 14.5. The average molecular weight is 358 g/mol. The Balaban J connectivity index is 1.50. The fourth-order valence-electron chi connectivity index (χ4n) is 2.88. The van der Waals surface area contributed by atoms with E-state index < -0.39 is 0 Å². The van der Waals surface area contributed by atoms with Gasteiger partial charge in [0, 0.05) is 44.4 Å². The second-order valence-corrected chi connectivity index (χ2v) is 6.50. The van der Waals surface area contributed by atoms with Crippen molar-refractivity contribution in [3.8, 4) is 0 Å². The summed E-state index contributed by atoms with van der Waals surface area (Å²) in [5, 5.41) is 7.34. The number of guanidine groups is 1. The summed E-state index contributed by atoms with van der Waals surface area (Å²) in [4.78, 5) is 11.2. The molecule has 2 aromatic rings. The largest absolute Gasteiger partial charge is 0.357 e. The molecule has 25 heavy (non-hydrogen) atoms. The first kappa shape index (κ1) is 17.5. The summed E-state index contributed by atoms with van der Waals surface area (Å²) < 4.78 is 0. The van der Waals surface area contributed by atoms with E-state index in [0.717, 1.165) is 41.0 Å². The van der Waals surface area contributed by atoms with Crippen LogP contribution in [0.5, 0.6) is 0 Å². The molecule has 1 aliphatic rings. The Labute approximate surface area is 154 Å². The highest BCUT2D eigenvalue weighted by Gasteiger charge is 2.12. The van der Waals surface area contributed by atoms with Gasteiger partial charge in [-0.3, -0.25) is 4.99 Å². The van der Waals surface area contributed by atoms with Gasteiger partial charge in [0.2, 0.25) is 0 Å². The number of nitrogens with zero attached hydrogens (tertiary/aromatic N) is 3. The number of aliphatic imine (C=N–C) groups is 1. The smallest absolute Gasteiger partial charge is 0.191 e. The molecule has 0 aliphatic carbocycles. The first-order valence-corrected chi connectivity index (χ1v) is 9.02. The van der Waals surface area contributed by atoms with Crippen LogP contribution < -0.4 is 15.5 Å². The van der Waals surface area contributed by atoms with E-state index in [9.17, 15) is 0 Å². The van der Waals surface area contributed by atoms with Gasteiger partial charge in [0.15, 0.2) is 5.96 Å². The third kappa shape index (κ3) is 4.86. The molecule has 0 amide bonds. The summed E-state index contributed by atoms with van der Waals surface area (Å²) in [6.07, 6.45) is 4.46. The fourth-order valence-corrected chi connectivity index (χ4v) is 3.08. The number of hydrogen-bond donors (Lipinski definition) is 2. The molecule has 0 radical (unpaired) electrons. The maximum atomic E-state index is 6.18. The molecule has 0 spiro atoms. The van der Waals surface area contributed by atoms with E-state index in [1.54, 1.807) is 7.05 Å². The molecule has 1 aliphatic heterocycles. The van der Waals surface area contributed by atoms with Gasteiger partial charge in [-0.1, -0.05) is 35.9 Å². The van der Waals surface area contributed by atoms with Crippen LogP contribution in [-0.2, 0) is 13.1 Å². The SMILES string of the molecule is CN=C(NCc1ccc(N2CCCC2)nc1)NCc1ccccc1Cl. The summed E-state index contributed by atoms with van der Waals surface area (Å²) in [5.74, 6) is 1.81. The summed E-state index contributed by atoms with van der Waals surface area (Å²) in [6.45, 7) is 3.54. The predicted octanol–water partition coefficient (Wildman–Crippen LogP) is 3.20. The second-order valence-electron chi connectivity index (χ2n) is 6.09. The zero-order chi connectivity index (χ0) is 17.5. The van der Waals surface area contributed by atoms with Crippen molar-refractivity contribution in [3.05, 3.63) is 58.7 Å². The second kappa shape index (κ2) is 8.72. The predicted molar refractivity (Wildman–Crippen MR) is 104 cm³/mol.